The van der Waals surface area contributed by atoms with E-state index in [1.807, 2.05) is 0 Å². The molecule has 0 amide bonds. The lowest BCUT2D eigenvalue weighted by Gasteiger charge is -2.07. The minimum atomic E-state index is -0.673. The molecule has 22 heavy (non-hydrogen) atoms. The molecule has 0 aliphatic heterocycles. The van der Waals surface area contributed by atoms with Gasteiger partial charge in [-0.3, -0.25) is 0 Å². The molecular weight excluding hydrogens is 288 g/mol. The van der Waals surface area contributed by atoms with Gasteiger partial charge >= 0.3 is 11.9 Å². The Morgan fingerprint density at radius 1 is 1.05 bits per heavy atom. The smallest absolute Gasteiger partial charge is 0.342 e. The number of ether oxygens (including phenoxy) is 2. The maximum absolute atomic E-state index is 11.7. The molecule has 120 valence electrons. The topological polar surface area (TPSA) is 93.1 Å². The molecule has 1 aromatic carbocycles. The Hall–Kier alpha value is -2.50. The van der Waals surface area contributed by atoms with E-state index in [1.54, 1.807) is 0 Å². The average molecular weight is 308 g/mol. The van der Waals surface area contributed by atoms with Crippen molar-refractivity contribution >= 4 is 11.9 Å². The van der Waals surface area contributed by atoms with Gasteiger partial charge in [-0.05, 0) is 43.9 Å². The van der Waals surface area contributed by atoms with E-state index in [1.165, 1.54) is 12.1 Å². The van der Waals surface area contributed by atoms with E-state index in [-0.39, 0.29) is 23.7 Å². The molecule has 0 atom stereocenters. The van der Waals surface area contributed by atoms with Crippen molar-refractivity contribution < 1.29 is 29.3 Å². The highest BCUT2D eigenvalue weighted by Crippen LogP contribution is 2.22. The second-order valence-corrected chi connectivity index (χ2v) is 4.62. The van der Waals surface area contributed by atoms with Crippen LogP contribution >= 0.6 is 0 Å². The molecule has 1 aromatic rings. The third kappa shape index (κ3) is 6.30. The van der Waals surface area contributed by atoms with Crippen LogP contribution < -0.4 is 0 Å². The predicted molar refractivity (Wildman–Crippen MR) is 79.7 cm³/mol. The van der Waals surface area contributed by atoms with Crippen molar-refractivity contribution in [2.45, 2.75) is 25.7 Å². The predicted octanol–water partition coefficient (Wildman–Crippen LogP) is 2.54. The van der Waals surface area contributed by atoms with Gasteiger partial charge in [0.2, 0.25) is 0 Å². The summed E-state index contributed by atoms with van der Waals surface area (Å²) in [5.74, 6) is -1.45. The molecule has 6 heteroatoms. The Kier molecular flexibility index (Phi) is 7.53. The summed E-state index contributed by atoms with van der Waals surface area (Å²) in [5, 5.41) is 18.8. The summed E-state index contributed by atoms with van der Waals surface area (Å²) < 4.78 is 9.84. The lowest BCUT2D eigenvalue weighted by molar-refractivity contribution is -0.137. The standard InChI is InChI=1S/C16H20O6/c1-2-15(19)21-9-5-3-4-6-10-22-16(20)13-11-12(17)7-8-14(13)18/h2,7-8,11,17-18H,1,3-6,9-10H2. The fraction of sp³-hybridized carbons (Fsp3) is 0.375. The van der Waals surface area contributed by atoms with E-state index in [4.69, 9.17) is 9.47 Å². The summed E-state index contributed by atoms with van der Waals surface area (Å²) in [6.07, 6.45) is 4.20. The number of esters is 2. The van der Waals surface area contributed by atoms with Gasteiger partial charge in [-0.25, -0.2) is 9.59 Å². The van der Waals surface area contributed by atoms with Crippen LogP contribution in [0.3, 0.4) is 0 Å². The number of carbonyl (C=O) groups excluding carboxylic acids is 2. The number of phenolic OH excluding ortho intramolecular Hbond substituents is 2. The maximum Gasteiger partial charge on any atom is 0.342 e. The molecular formula is C16H20O6. The number of unbranched alkanes of at least 4 members (excludes halogenated alkanes) is 3. The summed E-state index contributed by atoms with van der Waals surface area (Å²) >= 11 is 0. The van der Waals surface area contributed by atoms with Crippen LogP contribution in [-0.4, -0.2) is 35.4 Å². The number of carbonyl (C=O) groups is 2. The first-order valence-corrected chi connectivity index (χ1v) is 7.03. The molecule has 0 saturated carbocycles. The van der Waals surface area contributed by atoms with Crippen LogP contribution in [0.2, 0.25) is 0 Å². The fourth-order valence-corrected chi connectivity index (χ4v) is 1.72. The first-order valence-electron chi connectivity index (χ1n) is 7.03. The molecule has 0 radical (unpaired) electrons. The number of rotatable bonds is 9. The van der Waals surface area contributed by atoms with Crippen molar-refractivity contribution in [3.63, 3.8) is 0 Å². The van der Waals surface area contributed by atoms with Gasteiger partial charge < -0.3 is 19.7 Å². The molecule has 0 aliphatic carbocycles. The summed E-state index contributed by atoms with van der Waals surface area (Å²) in [6, 6.07) is 3.67. The molecule has 0 heterocycles. The van der Waals surface area contributed by atoms with Gasteiger partial charge in [-0.15, -0.1) is 0 Å². The van der Waals surface area contributed by atoms with Crippen molar-refractivity contribution in [1.29, 1.82) is 0 Å². The van der Waals surface area contributed by atoms with Crippen LogP contribution in [-0.2, 0) is 14.3 Å². The molecule has 0 spiro atoms. The van der Waals surface area contributed by atoms with Crippen molar-refractivity contribution in [3.05, 3.63) is 36.4 Å². The largest absolute Gasteiger partial charge is 0.508 e. The van der Waals surface area contributed by atoms with Gasteiger partial charge in [0.25, 0.3) is 0 Å². The number of benzene rings is 1. The monoisotopic (exact) mass is 308 g/mol. The molecule has 0 aromatic heterocycles. The van der Waals surface area contributed by atoms with Crippen LogP contribution in [0.1, 0.15) is 36.0 Å². The zero-order chi connectivity index (χ0) is 16.4. The fourth-order valence-electron chi connectivity index (χ4n) is 1.72. The van der Waals surface area contributed by atoms with E-state index >= 15 is 0 Å². The van der Waals surface area contributed by atoms with E-state index in [9.17, 15) is 19.8 Å². The number of aromatic hydroxyl groups is 2. The Morgan fingerprint density at radius 3 is 2.32 bits per heavy atom. The number of hydrogen-bond donors (Lipinski definition) is 2. The number of hydrogen-bond acceptors (Lipinski definition) is 6. The van der Waals surface area contributed by atoms with E-state index in [0.717, 1.165) is 31.4 Å². The van der Waals surface area contributed by atoms with Crippen LogP contribution in [0.25, 0.3) is 0 Å². The minimum Gasteiger partial charge on any atom is -0.508 e. The van der Waals surface area contributed by atoms with Gasteiger partial charge in [0.05, 0.1) is 13.2 Å². The summed E-state index contributed by atoms with van der Waals surface area (Å²) in [4.78, 5) is 22.5. The highest BCUT2D eigenvalue weighted by molar-refractivity contribution is 5.92. The quantitative estimate of drug-likeness (QED) is 0.315. The molecule has 0 fully saturated rings. The summed E-state index contributed by atoms with van der Waals surface area (Å²) in [7, 11) is 0. The maximum atomic E-state index is 11.7. The Bertz CT molecular complexity index is 523. The van der Waals surface area contributed by atoms with Gasteiger partial charge in [0, 0.05) is 6.08 Å². The first-order chi connectivity index (χ1) is 10.5. The van der Waals surface area contributed by atoms with Crippen LogP contribution in [0.4, 0.5) is 0 Å². The molecule has 0 saturated heterocycles. The lowest BCUT2D eigenvalue weighted by Crippen LogP contribution is -2.07. The summed E-state index contributed by atoms with van der Waals surface area (Å²) in [5.41, 5.74) is -0.0589. The van der Waals surface area contributed by atoms with Gasteiger partial charge in [-0.1, -0.05) is 6.58 Å². The lowest BCUT2D eigenvalue weighted by atomic mass is 10.2. The number of phenols is 2. The van der Waals surface area contributed by atoms with Gasteiger partial charge in [0.1, 0.15) is 17.1 Å². The van der Waals surface area contributed by atoms with Crippen LogP contribution in [0, 0.1) is 0 Å². The first kappa shape index (κ1) is 17.6. The molecule has 2 N–H and O–H groups in total. The third-order valence-electron chi connectivity index (χ3n) is 2.88. The second-order valence-electron chi connectivity index (χ2n) is 4.62. The molecule has 6 nitrogen and oxygen atoms in total. The molecule has 0 unspecified atom stereocenters. The highest BCUT2D eigenvalue weighted by Gasteiger charge is 2.13. The van der Waals surface area contributed by atoms with Gasteiger partial charge in [0.15, 0.2) is 0 Å². The van der Waals surface area contributed by atoms with Crippen molar-refractivity contribution in [2.24, 2.45) is 0 Å². The molecule has 0 bridgehead atoms. The zero-order valence-corrected chi connectivity index (χ0v) is 12.3. The molecule has 1 rings (SSSR count). The summed E-state index contributed by atoms with van der Waals surface area (Å²) in [6.45, 7) is 3.87. The minimum absolute atomic E-state index is 0.0589. The van der Waals surface area contributed by atoms with Crippen molar-refractivity contribution in [1.82, 2.24) is 0 Å². The van der Waals surface area contributed by atoms with Crippen LogP contribution in [0.5, 0.6) is 11.5 Å². The Balaban J connectivity index is 2.14. The molecule has 0 aliphatic rings. The van der Waals surface area contributed by atoms with Crippen molar-refractivity contribution in [3.8, 4) is 11.5 Å². The Labute approximate surface area is 129 Å². The second kappa shape index (κ2) is 9.44. The average Bonchev–Trinajstić information content (AvgIpc) is 2.51. The highest BCUT2D eigenvalue weighted by atomic mass is 16.5. The van der Waals surface area contributed by atoms with E-state index in [2.05, 4.69) is 6.58 Å². The zero-order valence-electron chi connectivity index (χ0n) is 12.3. The van der Waals surface area contributed by atoms with Gasteiger partial charge in [-0.2, -0.15) is 0 Å². The van der Waals surface area contributed by atoms with Crippen LogP contribution in [0.15, 0.2) is 30.9 Å². The van der Waals surface area contributed by atoms with E-state index in [0.29, 0.717) is 13.0 Å². The normalized spacial score (nSPS) is 10.0. The SMILES string of the molecule is C=CC(=O)OCCCCCCOC(=O)c1cc(O)ccc1O. The van der Waals surface area contributed by atoms with Crippen molar-refractivity contribution in [2.75, 3.05) is 13.2 Å². The van der Waals surface area contributed by atoms with E-state index < -0.39 is 11.9 Å². The Morgan fingerprint density at radius 2 is 1.68 bits per heavy atom. The third-order valence-corrected chi connectivity index (χ3v) is 2.88.